The van der Waals surface area contributed by atoms with Crippen molar-refractivity contribution >= 4 is 12.4 Å². The first-order valence-corrected chi connectivity index (χ1v) is 5.13. The number of nitrogens with two attached hydrogens (primary N) is 1. The lowest BCUT2D eigenvalue weighted by molar-refractivity contribution is -0.291. The minimum absolute atomic E-state index is 0. The quantitative estimate of drug-likeness (QED) is 0.861. The molecule has 1 aromatic carbocycles. The summed E-state index contributed by atoms with van der Waals surface area (Å²) in [6.07, 6.45) is -5.68. The highest BCUT2D eigenvalue weighted by Crippen LogP contribution is 2.43. The molecule has 1 aromatic rings. The van der Waals surface area contributed by atoms with Gasteiger partial charge >= 0.3 is 12.1 Å². The Kier molecular flexibility index (Phi) is 6.02. The minimum Gasteiger partial charge on any atom is -0.494 e. The van der Waals surface area contributed by atoms with Crippen LogP contribution in [0.25, 0.3) is 0 Å². The summed E-state index contributed by atoms with van der Waals surface area (Å²) in [5.41, 5.74) is 4.67. The van der Waals surface area contributed by atoms with Crippen LogP contribution in [0.15, 0.2) is 24.3 Å². The van der Waals surface area contributed by atoms with Crippen LogP contribution in [0.5, 0.6) is 5.75 Å². The first-order chi connectivity index (χ1) is 8.20. The van der Waals surface area contributed by atoms with Crippen LogP contribution in [-0.4, -0.2) is 18.7 Å². The zero-order valence-corrected chi connectivity index (χ0v) is 10.7. The van der Waals surface area contributed by atoms with Crippen molar-refractivity contribution in [3.05, 3.63) is 29.8 Å². The predicted octanol–water partition coefficient (Wildman–Crippen LogP) is 3.70. The molecule has 0 radical (unpaired) electrons. The van der Waals surface area contributed by atoms with Gasteiger partial charge in [-0.2, -0.15) is 22.0 Å². The van der Waals surface area contributed by atoms with Gasteiger partial charge in [0.25, 0.3) is 0 Å². The number of hydrogen-bond acceptors (Lipinski definition) is 2. The molecular formula is C11H13ClF5NO. The molecule has 2 N–H and O–H groups in total. The zero-order chi connectivity index (χ0) is 14.0. The summed E-state index contributed by atoms with van der Waals surface area (Å²) in [7, 11) is 0. The van der Waals surface area contributed by atoms with Crippen molar-refractivity contribution in [1.29, 1.82) is 0 Å². The fraction of sp³-hybridized carbons (Fsp3) is 0.455. The number of alkyl halides is 5. The monoisotopic (exact) mass is 305 g/mol. The molecule has 8 heteroatoms. The Balaban J connectivity index is 0.00000324. The molecule has 0 aliphatic carbocycles. The van der Waals surface area contributed by atoms with Crippen molar-refractivity contribution in [2.75, 3.05) is 6.61 Å². The van der Waals surface area contributed by atoms with Crippen LogP contribution in [-0.2, 0) is 0 Å². The number of halogens is 6. The third kappa shape index (κ3) is 3.94. The van der Waals surface area contributed by atoms with Gasteiger partial charge in [-0.05, 0) is 24.6 Å². The molecule has 0 heterocycles. The van der Waals surface area contributed by atoms with Crippen molar-refractivity contribution in [2.45, 2.75) is 25.1 Å². The van der Waals surface area contributed by atoms with Crippen LogP contribution in [0, 0.1) is 0 Å². The van der Waals surface area contributed by atoms with Crippen LogP contribution in [0.2, 0.25) is 0 Å². The lowest BCUT2D eigenvalue weighted by Crippen LogP contribution is -2.45. The average Bonchev–Trinajstić information content (AvgIpc) is 2.28. The van der Waals surface area contributed by atoms with E-state index >= 15 is 0 Å². The summed E-state index contributed by atoms with van der Waals surface area (Å²) >= 11 is 0. The fourth-order valence-corrected chi connectivity index (χ4v) is 1.32. The van der Waals surface area contributed by atoms with Crippen molar-refractivity contribution in [3.8, 4) is 5.75 Å². The molecular weight excluding hydrogens is 293 g/mol. The Bertz CT molecular complexity index is 393. The van der Waals surface area contributed by atoms with Gasteiger partial charge in [0.15, 0.2) is 0 Å². The van der Waals surface area contributed by atoms with E-state index in [1.54, 1.807) is 6.92 Å². The first kappa shape index (κ1) is 17.9. The second-order valence-corrected chi connectivity index (χ2v) is 3.60. The van der Waals surface area contributed by atoms with Gasteiger partial charge in [0.1, 0.15) is 11.8 Å². The molecule has 0 aliphatic rings. The minimum atomic E-state index is -5.68. The van der Waals surface area contributed by atoms with Crippen LogP contribution < -0.4 is 10.5 Å². The summed E-state index contributed by atoms with van der Waals surface area (Å²) in [5, 5.41) is 0. The number of ether oxygens (including phenoxy) is 1. The normalized spacial score (nSPS) is 13.6. The number of benzene rings is 1. The highest BCUT2D eigenvalue weighted by atomic mass is 35.5. The number of hydrogen-bond donors (Lipinski definition) is 1. The van der Waals surface area contributed by atoms with E-state index in [1.165, 1.54) is 12.1 Å². The molecule has 0 saturated carbocycles. The maximum Gasteiger partial charge on any atom is 0.455 e. The smallest absolute Gasteiger partial charge is 0.455 e. The van der Waals surface area contributed by atoms with E-state index in [0.29, 0.717) is 12.4 Å². The van der Waals surface area contributed by atoms with Gasteiger partial charge in [-0.25, -0.2) is 0 Å². The third-order valence-electron chi connectivity index (χ3n) is 2.32. The Morgan fingerprint density at radius 3 is 1.95 bits per heavy atom. The molecule has 0 spiro atoms. The van der Waals surface area contributed by atoms with Crippen molar-refractivity contribution in [3.63, 3.8) is 0 Å². The Labute approximate surface area is 113 Å². The molecule has 19 heavy (non-hydrogen) atoms. The first-order valence-electron chi connectivity index (χ1n) is 5.13. The van der Waals surface area contributed by atoms with Crippen molar-refractivity contribution in [1.82, 2.24) is 0 Å². The van der Waals surface area contributed by atoms with Crippen LogP contribution in [0.3, 0.4) is 0 Å². The maximum absolute atomic E-state index is 13.0. The average molecular weight is 306 g/mol. The second kappa shape index (κ2) is 6.38. The fourth-order valence-electron chi connectivity index (χ4n) is 1.32. The zero-order valence-electron chi connectivity index (χ0n) is 9.88. The molecule has 0 fully saturated rings. The van der Waals surface area contributed by atoms with Gasteiger partial charge in [0.05, 0.1) is 6.61 Å². The Morgan fingerprint density at radius 2 is 1.58 bits per heavy atom. The molecule has 1 atom stereocenters. The van der Waals surface area contributed by atoms with Crippen LogP contribution in [0.1, 0.15) is 18.5 Å². The predicted molar refractivity (Wildman–Crippen MR) is 62.8 cm³/mol. The second-order valence-electron chi connectivity index (χ2n) is 3.60. The van der Waals surface area contributed by atoms with Crippen molar-refractivity contribution in [2.24, 2.45) is 5.73 Å². The van der Waals surface area contributed by atoms with E-state index < -0.39 is 18.1 Å². The van der Waals surface area contributed by atoms with Gasteiger partial charge in [-0.15, -0.1) is 12.4 Å². The van der Waals surface area contributed by atoms with Crippen molar-refractivity contribution < 1.29 is 26.7 Å². The van der Waals surface area contributed by atoms with Gasteiger partial charge in [0.2, 0.25) is 0 Å². The lowest BCUT2D eigenvalue weighted by Gasteiger charge is -2.26. The van der Waals surface area contributed by atoms with E-state index in [-0.39, 0.29) is 18.0 Å². The topological polar surface area (TPSA) is 35.2 Å². The van der Waals surface area contributed by atoms with Crippen LogP contribution in [0.4, 0.5) is 22.0 Å². The number of rotatable bonds is 4. The molecule has 0 amide bonds. The molecule has 0 unspecified atom stereocenters. The molecule has 0 bridgehead atoms. The van der Waals surface area contributed by atoms with Gasteiger partial charge in [-0.1, -0.05) is 12.1 Å². The SMILES string of the molecule is CCOc1ccc([C@@H](N)C(F)(F)C(F)(F)F)cc1.Cl. The summed E-state index contributed by atoms with van der Waals surface area (Å²) < 4.78 is 67.3. The molecule has 1 rings (SSSR count). The highest BCUT2D eigenvalue weighted by Gasteiger charge is 2.61. The van der Waals surface area contributed by atoms with E-state index in [0.717, 1.165) is 12.1 Å². The summed E-state index contributed by atoms with van der Waals surface area (Å²) in [6.45, 7) is 2.08. The molecule has 2 nitrogen and oxygen atoms in total. The maximum atomic E-state index is 13.0. The summed E-state index contributed by atoms with van der Waals surface area (Å²) in [5.74, 6) is -4.59. The van der Waals surface area contributed by atoms with Gasteiger partial charge < -0.3 is 10.5 Å². The van der Waals surface area contributed by atoms with E-state index in [4.69, 9.17) is 10.5 Å². The van der Waals surface area contributed by atoms with E-state index in [2.05, 4.69) is 0 Å². The third-order valence-corrected chi connectivity index (χ3v) is 2.32. The van der Waals surface area contributed by atoms with Gasteiger partial charge in [0, 0.05) is 0 Å². The largest absolute Gasteiger partial charge is 0.494 e. The van der Waals surface area contributed by atoms with Gasteiger partial charge in [-0.3, -0.25) is 0 Å². The summed E-state index contributed by atoms with van der Waals surface area (Å²) in [6, 6.07) is 2.34. The summed E-state index contributed by atoms with van der Waals surface area (Å²) in [4.78, 5) is 0. The lowest BCUT2D eigenvalue weighted by atomic mass is 10.0. The molecule has 110 valence electrons. The van der Waals surface area contributed by atoms with Crippen LogP contribution >= 0.6 is 12.4 Å². The highest BCUT2D eigenvalue weighted by molar-refractivity contribution is 5.85. The van der Waals surface area contributed by atoms with E-state index in [1.807, 2.05) is 0 Å². The standard InChI is InChI=1S/C11H12F5NO.ClH/c1-2-18-8-5-3-7(4-6-8)9(17)10(12,13)11(14,15)16;/h3-6,9H,2,17H2,1H3;1H/t9-;/m1./s1. The Morgan fingerprint density at radius 1 is 1.11 bits per heavy atom. The molecule has 0 saturated heterocycles. The molecule has 0 aromatic heterocycles. The molecule has 0 aliphatic heterocycles. The van der Waals surface area contributed by atoms with E-state index in [9.17, 15) is 22.0 Å². The Hall–Kier alpha value is -1.08.